The van der Waals surface area contributed by atoms with Crippen LogP contribution in [0.5, 0.6) is 0 Å². The quantitative estimate of drug-likeness (QED) is 0.683. The number of nitrogens with zero attached hydrogens (tertiary/aromatic N) is 1. The zero-order chi connectivity index (χ0) is 20.5. The predicted molar refractivity (Wildman–Crippen MR) is 110 cm³/mol. The van der Waals surface area contributed by atoms with Gasteiger partial charge in [0.05, 0.1) is 17.5 Å². The van der Waals surface area contributed by atoms with Crippen LogP contribution in [-0.4, -0.2) is 39.2 Å². The number of rotatable bonds is 5. The van der Waals surface area contributed by atoms with E-state index in [1.54, 1.807) is 36.4 Å². The zero-order valence-corrected chi connectivity index (χ0v) is 17.7. The van der Waals surface area contributed by atoms with Gasteiger partial charge in [-0.25, -0.2) is 13.2 Å². The number of esters is 1. The van der Waals surface area contributed by atoms with Crippen molar-refractivity contribution < 1.29 is 22.7 Å². The fourth-order valence-corrected chi connectivity index (χ4v) is 4.12. The third-order valence-electron chi connectivity index (χ3n) is 4.33. The highest BCUT2D eigenvalue weighted by Gasteiger charge is 2.27. The molecule has 1 N–H and O–H groups in total. The summed E-state index contributed by atoms with van der Waals surface area (Å²) in [5.74, 6) is -1.08. The summed E-state index contributed by atoms with van der Waals surface area (Å²) in [5.41, 5.74) is 2.19. The van der Waals surface area contributed by atoms with E-state index in [-0.39, 0.29) is 5.56 Å². The van der Waals surface area contributed by atoms with Gasteiger partial charge in [-0.05, 0) is 61.4 Å². The van der Waals surface area contributed by atoms with Crippen LogP contribution >= 0.6 is 15.9 Å². The molecule has 0 aromatic heterocycles. The largest absolute Gasteiger partial charge is 0.449 e. The Hall–Kier alpha value is -2.39. The summed E-state index contributed by atoms with van der Waals surface area (Å²) in [6.07, 6.45) is 0.677. The van der Waals surface area contributed by atoms with Crippen LogP contribution in [0.15, 0.2) is 46.9 Å². The van der Waals surface area contributed by atoms with Crippen molar-refractivity contribution in [3.8, 4) is 0 Å². The Balaban J connectivity index is 1.66. The molecule has 1 aliphatic heterocycles. The summed E-state index contributed by atoms with van der Waals surface area (Å²) in [6, 6.07) is 11.7. The number of amides is 1. The molecule has 2 aromatic carbocycles. The number of nitrogens with one attached hydrogen (secondary N) is 1. The highest BCUT2D eigenvalue weighted by Crippen LogP contribution is 2.31. The van der Waals surface area contributed by atoms with Crippen LogP contribution in [0.25, 0.3) is 0 Å². The first kappa shape index (κ1) is 20.3. The van der Waals surface area contributed by atoms with Crippen molar-refractivity contribution in [1.82, 2.24) is 0 Å². The number of anilines is 2. The molecule has 0 fully saturated rings. The van der Waals surface area contributed by atoms with Gasteiger partial charge in [0.2, 0.25) is 10.0 Å². The van der Waals surface area contributed by atoms with Gasteiger partial charge in [-0.15, -0.1) is 0 Å². The molecule has 28 heavy (non-hydrogen) atoms. The molecule has 0 saturated heterocycles. The average Bonchev–Trinajstić information content (AvgIpc) is 3.07. The molecule has 0 aliphatic carbocycles. The summed E-state index contributed by atoms with van der Waals surface area (Å²) in [7, 11) is -3.35. The number of fused-ring (bicyclic) bond motifs is 1. The van der Waals surface area contributed by atoms with Crippen LogP contribution in [-0.2, 0) is 26.0 Å². The fourth-order valence-electron chi connectivity index (χ4n) is 2.90. The molecule has 1 heterocycles. The van der Waals surface area contributed by atoms with Gasteiger partial charge in [-0.3, -0.25) is 9.10 Å². The van der Waals surface area contributed by atoms with Crippen LogP contribution in [0.3, 0.4) is 0 Å². The molecule has 1 atom stereocenters. The molecular weight excluding hydrogens is 448 g/mol. The van der Waals surface area contributed by atoms with Crippen molar-refractivity contribution >= 4 is 49.2 Å². The van der Waals surface area contributed by atoms with Gasteiger partial charge in [-0.1, -0.05) is 15.9 Å². The third-order valence-corrected chi connectivity index (χ3v) is 6.04. The number of benzene rings is 2. The van der Waals surface area contributed by atoms with Crippen molar-refractivity contribution in [2.45, 2.75) is 19.4 Å². The average molecular weight is 467 g/mol. The first-order chi connectivity index (χ1) is 13.1. The topological polar surface area (TPSA) is 92.8 Å². The molecule has 1 unspecified atom stereocenters. The maximum atomic E-state index is 12.4. The second-order valence-electron chi connectivity index (χ2n) is 6.47. The van der Waals surface area contributed by atoms with Gasteiger partial charge >= 0.3 is 5.97 Å². The first-order valence-corrected chi connectivity index (χ1v) is 11.2. The molecule has 1 aliphatic rings. The number of sulfonamides is 1. The van der Waals surface area contributed by atoms with Crippen LogP contribution < -0.4 is 9.62 Å². The standard InChI is InChI=1S/C19H19BrN2O5S/c1-12(18(23)21-16-6-4-15(20)5-7-16)27-19(24)14-3-8-17-13(11-14)9-10-22(17)28(2,25)26/h3-8,11-12H,9-10H2,1-2H3,(H,21,23). The Morgan fingerprint density at radius 3 is 2.50 bits per heavy atom. The molecule has 0 spiro atoms. The van der Waals surface area contributed by atoms with Crippen LogP contribution in [0.2, 0.25) is 0 Å². The Morgan fingerprint density at radius 2 is 1.86 bits per heavy atom. The molecule has 2 aromatic rings. The normalized spacial score (nSPS) is 14.3. The number of hydrogen-bond donors (Lipinski definition) is 1. The number of hydrogen-bond acceptors (Lipinski definition) is 5. The number of carbonyl (C=O) groups excluding carboxylic acids is 2. The zero-order valence-electron chi connectivity index (χ0n) is 15.3. The smallest absolute Gasteiger partial charge is 0.338 e. The van der Waals surface area contributed by atoms with Crippen molar-refractivity contribution in [2.24, 2.45) is 0 Å². The molecular formula is C19H19BrN2O5S. The van der Waals surface area contributed by atoms with Crippen LogP contribution in [0.1, 0.15) is 22.8 Å². The molecule has 9 heteroatoms. The molecule has 0 radical (unpaired) electrons. The first-order valence-electron chi connectivity index (χ1n) is 8.53. The van der Waals surface area contributed by atoms with Crippen molar-refractivity contribution in [1.29, 1.82) is 0 Å². The minimum Gasteiger partial charge on any atom is -0.449 e. The Labute approximate surface area is 171 Å². The van der Waals surface area contributed by atoms with E-state index in [0.29, 0.717) is 24.3 Å². The summed E-state index contributed by atoms with van der Waals surface area (Å²) >= 11 is 3.32. The van der Waals surface area contributed by atoms with E-state index in [1.165, 1.54) is 17.3 Å². The summed E-state index contributed by atoms with van der Waals surface area (Å²) < 4.78 is 31.0. The summed E-state index contributed by atoms with van der Waals surface area (Å²) in [6.45, 7) is 1.84. The molecule has 1 amide bonds. The maximum absolute atomic E-state index is 12.4. The monoisotopic (exact) mass is 466 g/mol. The van der Waals surface area contributed by atoms with Crippen molar-refractivity contribution in [3.05, 3.63) is 58.1 Å². The van der Waals surface area contributed by atoms with Gasteiger partial charge < -0.3 is 10.1 Å². The van der Waals surface area contributed by atoms with E-state index >= 15 is 0 Å². The van der Waals surface area contributed by atoms with E-state index < -0.39 is 28.0 Å². The Bertz CT molecular complexity index is 1020. The van der Waals surface area contributed by atoms with Gasteiger partial charge in [0.15, 0.2) is 6.10 Å². The van der Waals surface area contributed by atoms with Gasteiger partial charge in [0.1, 0.15) is 0 Å². The maximum Gasteiger partial charge on any atom is 0.338 e. The van der Waals surface area contributed by atoms with E-state index in [2.05, 4.69) is 21.2 Å². The molecule has 0 saturated carbocycles. The SMILES string of the molecule is CC(OC(=O)c1ccc2c(c1)CCN2S(C)(=O)=O)C(=O)Nc1ccc(Br)cc1. The summed E-state index contributed by atoms with van der Waals surface area (Å²) in [4.78, 5) is 24.6. The lowest BCUT2D eigenvalue weighted by Crippen LogP contribution is -2.30. The van der Waals surface area contributed by atoms with Gasteiger partial charge in [0.25, 0.3) is 5.91 Å². The number of halogens is 1. The van der Waals surface area contributed by atoms with E-state index in [4.69, 9.17) is 4.74 Å². The van der Waals surface area contributed by atoms with E-state index in [1.807, 2.05) is 0 Å². The van der Waals surface area contributed by atoms with Crippen LogP contribution in [0, 0.1) is 0 Å². The summed E-state index contributed by atoms with van der Waals surface area (Å²) in [5, 5.41) is 2.68. The van der Waals surface area contributed by atoms with Gasteiger partial charge in [0, 0.05) is 16.7 Å². The third kappa shape index (κ3) is 4.53. The van der Waals surface area contributed by atoms with E-state index in [9.17, 15) is 18.0 Å². The van der Waals surface area contributed by atoms with E-state index in [0.717, 1.165) is 16.3 Å². The second-order valence-corrected chi connectivity index (χ2v) is 9.29. The second kappa shape index (κ2) is 7.92. The number of ether oxygens (including phenoxy) is 1. The fraction of sp³-hybridized carbons (Fsp3) is 0.263. The van der Waals surface area contributed by atoms with Crippen molar-refractivity contribution in [3.63, 3.8) is 0 Å². The lowest BCUT2D eigenvalue weighted by molar-refractivity contribution is -0.123. The number of carbonyl (C=O) groups is 2. The molecule has 3 rings (SSSR count). The Kier molecular flexibility index (Phi) is 5.76. The molecule has 7 nitrogen and oxygen atoms in total. The molecule has 148 valence electrons. The predicted octanol–water partition coefficient (Wildman–Crippen LogP) is 2.96. The minimum atomic E-state index is -3.35. The van der Waals surface area contributed by atoms with Crippen molar-refractivity contribution in [2.75, 3.05) is 22.4 Å². The lowest BCUT2D eigenvalue weighted by atomic mass is 10.1. The Morgan fingerprint density at radius 1 is 1.18 bits per heavy atom. The minimum absolute atomic E-state index is 0.275. The lowest BCUT2D eigenvalue weighted by Gasteiger charge is -2.17. The molecule has 0 bridgehead atoms. The highest BCUT2D eigenvalue weighted by molar-refractivity contribution is 9.10. The highest BCUT2D eigenvalue weighted by atomic mass is 79.9. The van der Waals surface area contributed by atoms with Gasteiger partial charge in [-0.2, -0.15) is 0 Å². The van der Waals surface area contributed by atoms with Crippen LogP contribution in [0.4, 0.5) is 11.4 Å².